The number of nitrogens with zero attached hydrogens (tertiary/aromatic N) is 2. The molecule has 0 fully saturated rings. The van der Waals surface area contributed by atoms with E-state index in [1.165, 1.54) is 12.1 Å². The maximum absolute atomic E-state index is 13.3. The smallest absolute Gasteiger partial charge is 0.225 e. The fourth-order valence-corrected chi connectivity index (χ4v) is 2.78. The van der Waals surface area contributed by atoms with Crippen molar-refractivity contribution in [1.29, 1.82) is 0 Å². The third kappa shape index (κ3) is 4.56. The van der Waals surface area contributed by atoms with E-state index in [1.54, 1.807) is 6.07 Å². The van der Waals surface area contributed by atoms with E-state index < -0.39 is 0 Å². The second-order valence-electron chi connectivity index (χ2n) is 5.81. The minimum absolute atomic E-state index is 0.0365. The van der Waals surface area contributed by atoms with Gasteiger partial charge in [-0.1, -0.05) is 30.3 Å². The van der Waals surface area contributed by atoms with Gasteiger partial charge < -0.3 is 15.7 Å². The number of anilines is 3. The molecule has 0 aliphatic heterocycles. The van der Waals surface area contributed by atoms with E-state index in [0.717, 1.165) is 11.3 Å². The van der Waals surface area contributed by atoms with Crippen molar-refractivity contribution < 1.29 is 9.50 Å². The van der Waals surface area contributed by atoms with Crippen LogP contribution < -0.4 is 10.6 Å². The third-order valence-electron chi connectivity index (χ3n) is 3.64. The molecule has 0 radical (unpaired) electrons. The zero-order valence-electron chi connectivity index (χ0n) is 14.1. The predicted molar refractivity (Wildman–Crippen MR) is 105 cm³/mol. The molecule has 0 aliphatic carbocycles. The summed E-state index contributed by atoms with van der Waals surface area (Å²) in [5.41, 5.74) is 2.36. The molecule has 1 atom stereocenters. The van der Waals surface area contributed by atoms with Gasteiger partial charge in [0.25, 0.3) is 0 Å². The second-order valence-corrected chi connectivity index (χ2v) is 6.66. The Hall–Kier alpha value is -2.51. The SMILES string of the molecule is C[C@H](CO)Nc1nc(Nc2ccc(F)cc2Br)cc(-c2ccccc2)n1. The maximum atomic E-state index is 13.3. The Morgan fingerprint density at radius 2 is 1.88 bits per heavy atom. The number of aliphatic hydroxyl groups excluding tert-OH is 1. The Labute approximate surface area is 159 Å². The number of halogens is 2. The zero-order valence-corrected chi connectivity index (χ0v) is 15.7. The first-order chi connectivity index (χ1) is 12.5. The summed E-state index contributed by atoms with van der Waals surface area (Å²) >= 11 is 3.34. The Morgan fingerprint density at radius 1 is 1.12 bits per heavy atom. The minimum atomic E-state index is -0.325. The van der Waals surface area contributed by atoms with Crippen molar-refractivity contribution in [3.8, 4) is 11.3 Å². The van der Waals surface area contributed by atoms with Gasteiger partial charge in [-0.2, -0.15) is 4.98 Å². The molecule has 3 N–H and O–H groups in total. The van der Waals surface area contributed by atoms with E-state index >= 15 is 0 Å². The molecule has 0 bridgehead atoms. The predicted octanol–water partition coefficient (Wildman–Crippen LogP) is 4.58. The van der Waals surface area contributed by atoms with Crippen molar-refractivity contribution in [3.63, 3.8) is 0 Å². The molecule has 1 heterocycles. The second kappa shape index (κ2) is 8.25. The van der Waals surface area contributed by atoms with E-state index in [1.807, 2.05) is 43.3 Å². The molecular weight excluding hydrogens is 399 g/mol. The summed E-state index contributed by atoms with van der Waals surface area (Å²) in [6, 6.07) is 15.7. The number of rotatable bonds is 6. The topological polar surface area (TPSA) is 70.1 Å². The molecular formula is C19H18BrFN4O. The standard InChI is InChI=1S/C19H18BrFN4O/c1-12(11-26)22-19-24-17(13-5-3-2-4-6-13)10-18(25-19)23-16-8-7-14(21)9-15(16)20/h2-10,12,26H,11H2,1H3,(H2,22,23,24,25)/t12-/m1/s1. The van der Waals surface area contributed by atoms with Crippen LogP contribution in [0.4, 0.5) is 21.8 Å². The number of nitrogens with one attached hydrogen (secondary N) is 2. The summed E-state index contributed by atoms with van der Waals surface area (Å²) in [6.07, 6.45) is 0. The summed E-state index contributed by atoms with van der Waals surface area (Å²) in [7, 11) is 0. The van der Waals surface area contributed by atoms with Crippen LogP contribution in [-0.2, 0) is 0 Å². The van der Waals surface area contributed by atoms with Gasteiger partial charge >= 0.3 is 0 Å². The highest BCUT2D eigenvalue weighted by atomic mass is 79.9. The van der Waals surface area contributed by atoms with Crippen molar-refractivity contribution in [2.75, 3.05) is 17.2 Å². The van der Waals surface area contributed by atoms with Gasteiger partial charge in [0, 0.05) is 22.1 Å². The van der Waals surface area contributed by atoms with Crippen molar-refractivity contribution in [3.05, 3.63) is 64.9 Å². The van der Waals surface area contributed by atoms with Crippen molar-refractivity contribution in [2.24, 2.45) is 0 Å². The number of aromatic nitrogens is 2. The molecule has 2 aromatic carbocycles. The highest BCUT2D eigenvalue weighted by Gasteiger charge is 2.10. The summed E-state index contributed by atoms with van der Waals surface area (Å²) in [5, 5.41) is 15.5. The van der Waals surface area contributed by atoms with Gasteiger partial charge in [-0.15, -0.1) is 0 Å². The first kappa shape index (κ1) is 18.3. The van der Waals surface area contributed by atoms with Crippen molar-refractivity contribution in [2.45, 2.75) is 13.0 Å². The summed E-state index contributed by atoms with van der Waals surface area (Å²) in [6.45, 7) is 1.80. The molecule has 0 saturated carbocycles. The normalized spacial score (nSPS) is 11.8. The van der Waals surface area contributed by atoms with Crippen LogP contribution in [0.25, 0.3) is 11.3 Å². The minimum Gasteiger partial charge on any atom is -0.394 e. The molecule has 134 valence electrons. The maximum Gasteiger partial charge on any atom is 0.225 e. The molecule has 3 rings (SSSR count). The molecule has 0 unspecified atom stereocenters. The Morgan fingerprint density at radius 3 is 2.58 bits per heavy atom. The highest BCUT2D eigenvalue weighted by Crippen LogP contribution is 2.28. The van der Waals surface area contributed by atoms with Gasteiger partial charge in [0.2, 0.25) is 5.95 Å². The lowest BCUT2D eigenvalue weighted by Gasteiger charge is -2.15. The van der Waals surface area contributed by atoms with Crippen LogP contribution >= 0.6 is 15.9 Å². The lowest BCUT2D eigenvalue weighted by Crippen LogP contribution is -2.21. The van der Waals surface area contributed by atoms with Gasteiger partial charge in [-0.25, -0.2) is 9.37 Å². The monoisotopic (exact) mass is 416 g/mol. The number of aliphatic hydroxyl groups is 1. The van der Waals surface area contributed by atoms with Crippen molar-refractivity contribution >= 4 is 33.4 Å². The molecule has 0 amide bonds. The summed E-state index contributed by atoms with van der Waals surface area (Å²) in [4.78, 5) is 8.97. The lowest BCUT2D eigenvalue weighted by molar-refractivity contribution is 0.281. The average molecular weight is 417 g/mol. The number of hydrogen-bond acceptors (Lipinski definition) is 5. The van der Waals surface area contributed by atoms with E-state index in [4.69, 9.17) is 0 Å². The van der Waals surface area contributed by atoms with Crippen LogP contribution in [0.15, 0.2) is 59.1 Å². The highest BCUT2D eigenvalue weighted by molar-refractivity contribution is 9.10. The quantitative estimate of drug-likeness (QED) is 0.548. The van der Waals surface area contributed by atoms with Crippen LogP contribution in [0.2, 0.25) is 0 Å². The summed E-state index contributed by atoms with van der Waals surface area (Å²) in [5.74, 6) is 0.627. The first-order valence-corrected chi connectivity index (χ1v) is 8.88. The molecule has 3 aromatic rings. The largest absolute Gasteiger partial charge is 0.394 e. The third-order valence-corrected chi connectivity index (χ3v) is 4.30. The van der Waals surface area contributed by atoms with Gasteiger partial charge in [-0.05, 0) is 41.1 Å². The Kier molecular flexibility index (Phi) is 5.80. The molecule has 0 spiro atoms. The van der Waals surface area contributed by atoms with Crippen LogP contribution in [0.3, 0.4) is 0 Å². The summed E-state index contributed by atoms with van der Waals surface area (Å²) < 4.78 is 13.9. The molecule has 0 saturated heterocycles. The van der Waals surface area contributed by atoms with Crippen LogP contribution in [-0.4, -0.2) is 27.7 Å². The zero-order chi connectivity index (χ0) is 18.5. The van der Waals surface area contributed by atoms with E-state index in [-0.39, 0.29) is 18.5 Å². The van der Waals surface area contributed by atoms with Crippen LogP contribution in [0, 0.1) is 5.82 Å². The molecule has 5 nitrogen and oxygen atoms in total. The van der Waals surface area contributed by atoms with E-state index in [9.17, 15) is 9.50 Å². The fraction of sp³-hybridized carbons (Fsp3) is 0.158. The number of benzene rings is 2. The Bertz CT molecular complexity index is 892. The van der Waals surface area contributed by atoms with Gasteiger partial charge in [0.1, 0.15) is 11.6 Å². The molecule has 1 aromatic heterocycles. The Balaban J connectivity index is 1.98. The van der Waals surface area contributed by atoms with E-state index in [0.29, 0.717) is 21.9 Å². The van der Waals surface area contributed by atoms with E-state index in [2.05, 4.69) is 36.5 Å². The van der Waals surface area contributed by atoms with Gasteiger partial charge in [-0.3, -0.25) is 0 Å². The number of hydrogen-bond donors (Lipinski definition) is 3. The average Bonchev–Trinajstić information content (AvgIpc) is 2.64. The van der Waals surface area contributed by atoms with Crippen molar-refractivity contribution in [1.82, 2.24) is 9.97 Å². The van der Waals surface area contributed by atoms with Crippen LogP contribution in [0.1, 0.15) is 6.92 Å². The van der Waals surface area contributed by atoms with Gasteiger partial charge in [0.15, 0.2) is 0 Å². The fourth-order valence-electron chi connectivity index (χ4n) is 2.33. The molecule has 7 heteroatoms. The first-order valence-electron chi connectivity index (χ1n) is 8.09. The lowest BCUT2D eigenvalue weighted by atomic mass is 10.1. The molecule has 26 heavy (non-hydrogen) atoms. The van der Waals surface area contributed by atoms with Crippen LogP contribution in [0.5, 0.6) is 0 Å². The molecule has 0 aliphatic rings. The van der Waals surface area contributed by atoms with Gasteiger partial charge in [0.05, 0.1) is 18.0 Å².